The molecule has 112 valence electrons. The minimum absolute atomic E-state index is 0.0229. The van der Waals surface area contributed by atoms with E-state index in [2.05, 4.69) is 0 Å². The maximum Gasteiger partial charge on any atom is 0.323 e. The van der Waals surface area contributed by atoms with Gasteiger partial charge in [-0.1, -0.05) is 13.8 Å². The molecule has 0 aliphatic heterocycles. The summed E-state index contributed by atoms with van der Waals surface area (Å²) in [5.41, 5.74) is 0. The van der Waals surface area contributed by atoms with Crippen molar-refractivity contribution in [3.05, 3.63) is 0 Å². The predicted molar refractivity (Wildman–Crippen MR) is 73.0 cm³/mol. The molecule has 0 aromatic rings. The van der Waals surface area contributed by atoms with Gasteiger partial charge < -0.3 is 20.0 Å². The van der Waals surface area contributed by atoms with Gasteiger partial charge in [-0.15, -0.1) is 0 Å². The van der Waals surface area contributed by atoms with E-state index in [0.29, 0.717) is 0 Å². The maximum absolute atomic E-state index is 12.4. The molecular weight excluding hydrogens is 248 g/mol. The molecule has 0 spiro atoms. The van der Waals surface area contributed by atoms with Gasteiger partial charge in [-0.25, -0.2) is 4.79 Å². The summed E-state index contributed by atoms with van der Waals surface area (Å²) in [6, 6.07) is -0.492. The molecule has 6 heteroatoms. The average Bonchev–Trinajstić information content (AvgIpc) is 2.35. The fourth-order valence-electron chi connectivity index (χ4n) is 2.05. The van der Waals surface area contributed by atoms with Crippen molar-refractivity contribution in [1.29, 1.82) is 0 Å². The van der Waals surface area contributed by atoms with Crippen LogP contribution in [0.3, 0.4) is 0 Å². The van der Waals surface area contributed by atoms with Crippen molar-refractivity contribution in [2.24, 2.45) is 0 Å². The lowest BCUT2D eigenvalue weighted by Gasteiger charge is -2.36. The third-order valence-corrected chi connectivity index (χ3v) is 3.14. The third kappa shape index (κ3) is 5.46. The first kappa shape index (κ1) is 17.7. The zero-order valence-corrected chi connectivity index (χ0v) is 12.3. The third-order valence-electron chi connectivity index (χ3n) is 3.14. The highest BCUT2D eigenvalue weighted by atomic mass is 16.4. The van der Waals surface area contributed by atoms with Crippen molar-refractivity contribution in [2.45, 2.75) is 52.6 Å². The molecule has 2 amide bonds. The van der Waals surface area contributed by atoms with Crippen LogP contribution in [0, 0.1) is 0 Å². The molecule has 0 bridgehead atoms. The van der Waals surface area contributed by atoms with Crippen LogP contribution in [0.1, 0.15) is 40.5 Å². The first-order valence-electron chi connectivity index (χ1n) is 6.78. The Hall–Kier alpha value is -1.30. The largest absolute Gasteiger partial charge is 0.480 e. The summed E-state index contributed by atoms with van der Waals surface area (Å²) in [4.78, 5) is 26.2. The first-order chi connectivity index (χ1) is 8.88. The molecule has 0 atom stereocenters. The van der Waals surface area contributed by atoms with Crippen LogP contribution in [-0.4, -0.2) is 63.8 Å². The lowest BCUT2D eigenvalue weighted by molar-refractivity contribution is -0.138. The van der Waals surface area contributed by atoms with Crippen molar-refractivity contribution in [1.82, 2.24) is 9.80 Å². The van der Waals surface area contributed by atoms with Crippen LogP contribution in [0.5, 0.6) is 0 Å². The summed E-state index contributed by atoms with van der Waals surface area (Å²) in [5.74, 6) is -1.03. The van der Waals surface area contributed by atoms with Gasteiger partial charge in [-0.2, -0.15) is 0 Å². The van der Waals surface area contributed by atoms with Crippen molar-refractivity contribution in [3.8, 4) is 0 Å². The van der Waals surface area contributed by atoms with Crippen LogP contribution in [0.25, 0.3) is 0 Å². The van der Waals surface area contributed by atoms with Gasteiger partial charge in [0.2, 0.25) is 0 Å². The fraction of sp³-hybridized carbons (Fsp3) is 0.846. The number of carboxylic acid groups (broad SMARTS) is 1. The van der Waals surface area contributed by atoms with Gasteiger partial charge in [0.1, 0.15) is 6.54 Å². The van der Waals surface area contributed by atoms with Gasteiger partial charge in [0.25, 0.3) is 0 Å². The lowest BCUT2D eigenvalue weighted by Crippen LogP contribution is -2.52. The number of carbonyl (C=O) groups is 2. The second-order valence-corrected chi connectivity index (χ2v) is 4.79. The smallest absolute Gasteiger partial charge is 0.323 e. The highest BCUT2D eigenvalue weighted by Gasteiger charge is 2.28. The predicted octanol–water partition coefficient (Wildman–Crippen LogP) is 1.38. The zero-order valence-electron chi connectivity index (χ0n) is 12.3. The summed E-state index contributed by atoms with van der Waals surface area (Å²) in [6.45, 7) is 7.30. The monoisotopic (exact) mass is 274 g/mol. The SMILES string of the molecule is CCC(CC)N(CCO)C(=O)N(CC(=O)O)C(C)C. The van der Waals surface area contributed by atoms with Crippen LogP contribution < -0.4 is 0 Å². The Balaban J connectivity index is 5.06. The number of carbonyl (C=O) groups excluding carboxylic acids is 1. The number of urea groups is 1. The lowest BCUT2D eigenvalue weighted by atomic mass is 10.1. The number of hydrogen-bond acceptors (Lipinski definition) is 3. The quantitative estimate of drug-likeness (QED) is 0.700. The van der Waals surface area contributed by atoms with E-state index in [-0.39, 0.29) is 37.8 Å². The highest BCUT2D eigenvalue weighted by molar-refractivity contribution is 5.80. The van der Waals surface area contributed by atoms with Gasteiger partial charge in [-0.05, 0) is 26.7 Å². The van der Waals surface area contributed by atoms with E-state index in [9.17, 15) is 9.59 Å². The van der Waals surface area contributed by atoms with E-state index in [1.807, 2.05) is 13.8 Å². The van der Waals surface area contributed by atoms with E-state index in [1.54, 1.807) is 18.7 Å². The van der Waals surface area contributed by atoms with E-state index < -0.39 is 5.97 Å². The van der Waals surface area contributed by atoms with Crippen molar-refractivity contribution < 1.29 is 19.8 Å². The molecular formula is C13H26N2O4. The number of aliphatic hydroxyl groups excluding tert-OH is 1. The van der Waals surface area contributed by atoms with E-state index in [0.717, 1.165) is 12.8 Å². The normalized spacial score (nSPS) is 10.9. The van der Waals surface area contributed by atoms with Crippen LogP contribution in [0.4, 0.5) is 4.79 Å². The molecule has 0 aliphatic rings. The molecule has 0 fully saturated rings. The van der Waals surface area contributed by atoms with Gasteiger partial charge in [-0.3, -0.25) is 4.79 Å². The average molecular weight is 274 g/mol. The zero-order chi connectivity index (χ0) is 15.0. The molecule has 0 heterocycles. The summed E-state index contributed by atoms with van der Waals surface area (Å²) < 4.78 is 0. The Morgan fingerprint density at radius 2 is 1.63 bits per heavy atom. The summed E-state index contributed by atoms with van der Waals surface area (Å²) in [7, 11) is 0. The number of amides is 2. The molecule has 0 saturated heterocycles. The van der Waals surface area contributed by atoms with Crippen LogP contribution in [0.15, 0.2) is 0 Å². The van der Waals surface area contributed by atoms with Crippen molar-refractivity contribution >= 4 is 12.0 Å². The molecule has 19 heavy (non-hydrogen) atoms. The minimum atomic E-state index is -1.03. The summed E-state index contributed by atoms with van der Waals surface area (Å²) >= 11 is 0. The Morgan fingerprint density at radius 3 is 1.95 bits per heavy atom. The van der Waals surface area contributed by atoms with Crippen molar-refractivity contribution in [2.75, 3.05) is 19.7 Å². The Labute approximate surface area is 115 Å². The van der Waals surface area contributed by atoms with Gasteiger partial charge in [0.15, 0.2) is 0 Å². The van der Waals surface area contributed by atoms with Crippen LogP contribution >= 0.6 is 0 Å². The van der Waals surface area contributed by atoms with E-state index >= 15 is 0 Å². The number of carboxylic acids is 1. The van der Waals surface area contributed by atoms with Crippen molar-refractivity contribution in [3.63, 3.8) is 0 Å². The highest BCUT2D eigenvalue weighted by Crippen LogP contribution is 2.13. The van der Waals surface area contributed by atoms with Crippen LogP contribution in [-0.2, 0) is 4.79 Å². The Kier molecular flexibility index (Phi) is 8.14. The molecule has 0 radical (unpaired) electrons. The number of aliphatic hydroxyl groups is 1. The first-order valence-corrected chi connectivity index (χ1v) is 6.78. The Morgan fingerprint density at radius 1 is 1.11 bits per heavy atom. The molecule has 0 aliphatic carbocycles. The molecule has 2 N–H and O–H groups in total. The fourth-order valence-corrected chi connectivity index (χ4v) is 2.05. The van der Waals surface area contributed by atoms with Gasteiger partial charge >= 0.3 is 12.0 Å². The standard InChI is InChI=1S/C13H26N2O4/c1-5-11(6-2)14(7-8-16)13(19)15(10(3)4)9-12(17)18/h10-11,16H,5-9H2,1-4H3,(H,17,18). The number of hydrogen-bond donors (Lipinski definition) is 2. The number of nitrogens with zero attached hydrogens (tertiary/aromatic N) is 2. The summed E-state index contributed by atoms with van der Waals surface area (Å²) in [6.07, 6.45) is 1.56. The van der Waals surface area contributed by atoms with Gasteiger partial charge in [0.05, 0.1) is 6.61 Å². The van der Waals surface area contributed by atoms with E-state index in [1.165, 1.54) is 4.90 Å². The second-order valence-electron chi connectivity index (χ2n) is 4.79. The maximum atomic E-state index is 12.4. The molecule has 0 aromatic heterocycles. The molecule has 0 rings (SSSR count). The van der Waals surface area contributed by atoms with Crippen LogP contribution in [0.2, 0.25) is 0 Å². The Bertz CT molecular complexity index is 290. The second kappa shape index (κ2) is 8.74. The number of rotatable bonds is 8. The molecule has 0 unspecified atom stereocenters. The summed E-state index contributed by atoms with van der Waals surface area (Å²) in [5, 5.41) is 18.0. The molecule has 0 saturated carbocycles. The molecule has 6 nitrogen and oxygen atoms in total. The van der Waals surface area contributed by atoms with E-state index in [4.69, 9.17) is 10.2 Å². The minimum Gasteiger partial charge on any atom is -0.480 e. The molecule has 0 aromatic carbocycles. The van der Waals surface area contributed by atoms with Gasteiger partial charge in [0, 0.05) is 18.6 Å². The topological polar surface area (TPSA) is 81.1 Å². The number of aliphatic carboxylic acids is 1.